The van der Waals surface area contributed by atoms with Crippen molar-refractivity contribution in [1.29, 1.82) is 0 Å². The molecule has 2 N–H and O–H groups in total. The van der Waals surface area contributed by atoms with Crippen LogP contribution in [-0.4, -0.2) is 19.1 Å². The van der Waals surface area contributed by atoms with Crippen molar-refractivity contribution in [2.45, 2.75) is 58.5 Å². The zero-order chi connectivity index (χ0) is 14.4. The number of aryl methyl sites for hydroxylation is 1. The van der Waals surface area contributed by atoms with Crippen LogP contribution in [0.15, 0.2) is 24.3 Å². The normalized spacial score (nSPS) is 21.1. The quantitative estimate of drug-likeness (QED) is 0.827. The van der Waals surface area contributed by atoms with E-state index in [0.29, 0.717) is 18.0 Å². The van der Waals surface area contributed by atoms with E-state index < -0.39 is 0 Å². The van der Waals surface area contributed by atoms with Crippen LogP contribution >= 0.6 is 0 Å². The largest absolute Gasteiger partial charge is 0.313 e. The number of piperidine rings is 1. The second-order valence-electron chi connectivity index (χ2n) is 6.37. The maximum absolute atomic E-state index is 3.78. The minimum Gasteiger partial charge on any atom is -0.313 e. The average molecular weight is 274 g/mol. The summed E-state index contributed by atoms with van der Waals surface area (Å²) in [5.74, 6) is 0.617. The van der Waals surface area contributed by atoms with Gasteiger partial charge in [-0.15, -0.1) is 0 Å². The molecule has 0 spiro atoms. The molecule has 1 aliphatic rings. The Hall–Kier alpha value is -0.860. The summed E-state index contributed by atoms with van der Waals surface area (Å²) < 4.78 is 0. The summed E-state index contributed by atoms with van der Waals surface area (Å²) in [5.41, 5.74) is 2.85. The highest BCUT2D eigenvalue weighted by Gasteiger charge is 2.18. The molecule has 112 valence electrons. The van der Waals surface area contributed by atoms with Crippen LogP contribution < -0.4 is 10.6 Å². The molecular weight excluding hydrogens is 244 g/mol. The molecular formula is C18H30N2. The van der Waals surface area contributed by atoms with Gasteiger partial charge in [0.2, 0.25) is 0 Å². The third kappa shape index (κ3) is 4.32. The van der Waals surface area contributed by atoms with Crippen molar-refractivity contribution in [1.82, 2.24) is 10.6 Å². The molecule has 0 radical (unpaired) electrons. The van der Waals surface area contributed by atoms with Crippen molar-refractivity contribution in [2.75, 3.05) is 13.1 Å². The van der Waals surface area contributed by atoms with Crippen molar-refractivity contribution in [3.05, 3.63) is 35.4 Å². The first-order valence-corrected chi connectivity index (χ1v) is 8.26. The molecule has 1 saturated heterocycles. The molecule has 2 heteroatoms. The fourth-order valence-corrected chi connectivity index (χ4v) is 3.07. The van der Waals surface area contributed by atoms with Crippen LogP contribution in [0.25, 0.3) is 0 Å². The van der Waals surface area contributed by atoms with E-state index >= 15 is 0 Å². The van der Waals surface area contributed by atoms with E-state index in [9.17, 15) is 0 Å². The van der Waals surface area contributed by atoms with E-state index in [-0.39, 0.29) is 0 Å². The molecule has 1 aromatic carbocycles. The Labute approximate surface area is 124 Å². The van der Waals surface area contributed by atoms with E-state index in [1.165, 1.54) is 36.9 Å². The van der Waals surface area contributed by atoms with Crippen LogP contribution in [0.4, 0.5) is 0 Å². The fourth-order valence-electron chi connectivity index (χ4n) is 3.07. The van der Waals surface area contributed by atoms with Gasteiger partial charge in [0.1, 0.15) is 0 Å². The van der Waals surface area contributed by atoms with Gasteiger partial charge in [0, 0.05) is 18.6 Å². The highest BCUT2D eigenvalue weighted by Crippen LogP contribution is 2.22. The van der Waals surface area contributed by atoms with Gasteiger partial charge in [-0.25, -0.2) is 0 Å². The van der Waals surface area contributed by atoms with Crippen molar-refractivity contribution < 1.29 is 0 Å². The van der Waals surface area contributed by atoms with Gasteiger partial charge in [-0.2, -0.15) is 0 Å². The molecule has 1 aromatic rings. The summed E-state index contributed by atoms with van der Waals surface area (Å²) in [5, 5.41) is 7.40. The Morgan fingerprint density at radius 1 is 1.20 bits per heavy atom. The molecule has 2 atom stereocenters. The zero-order valence-corrected chi connectivity index (χ0v) is 13.3. The maximum atomic E-state index is 3.78. The zero-order valence-electron chi connectivity index (χ0n) is 13.3. The third-order valence-electron chi connectivity index (χ3n) is 4.41. The minimum atomic E-state index is 0.463. The van der Waals surface area contributed by atoms with Crippen LogP contribution in [-0.2, 0) is 6.42 Å². The molecule has 2 rings (SSSR count). The summed E-state index contributed by atoms with van der Waals surface area (Å²) in [6, 6.07) is 10.2. The molecule has 2 unspecified atom stereocenters. The SMILES string of the molecule is CCc1ccc(C(NCC2CCCCN2)C(C)C)cc1. The molecule has 2 nitrogen and oxygen atoms in total. The monoisotopic (exact) mass is 274 g/mol. The predicted molar refractivity (Wildman–Crippen MR) is 87.0 cm³/mol. The van der Waals surface area contributed by atoms with E-state index in [1.54, 1.807) is 0 Å². The highest BCUT2D eigenvalue weighted by molar-refractivity contribution is 5.25. The van der Waals surface area contributed by atoms with Gasteiger partial charge in [-0.1, -0.05) is 51.5 Å². The minimum absolute atomic E-state index is 0.463. The second kappa shape index (κ2) is 7.80. The van der Waals surface area contributed by atoms with Crippen LogP contribution in [0.5, 0.6) is 0 Å². The van der Waals surface area contributed by atoms with Gasteiger partial charge in [-0.05, 0) is 42.9 Å². The van der Waals surface area contributed by atoms with Gasteiger partial charge in [0.15, 0.2) is 0 Å². The standard InChI is InChI=1S/C18H30N2/c1-4-15-8-10-16(11-9-15)18(14(2)3)20-13-17-7-5-6-12-19-17/h8-11,14,17-20H,4-7,12-13H2,1-3H3. The number of benzene rings is 1. The van der Waals surface area contributed by atoms with Crippen LogP contribution in [0.3, 0.4) is 0 Å². The lowest BCUT2D eigenvalue weighted by atomic mass is 9.94. The van der Waals surface area contributed by atoms with Crippen LogP contribution in [0, 0.1) is 5.92 Å². The molecule has 1 aliphatic heterocycles. The Balaban J connectivity index is 1.94. The summed E-state index contributed by atoms with van der Waals surface area (Å²) in [7, 11) is 0. The molecule has 0 aromatic heterocycles. The van der Waals surface area contributed by atoms with Gasteiger partial charge < -0.3 is 10.6 Å². The average Bonchev–Trinajstić information content (AvgIpc) is 2.49. The molecule has 0 aliphatic carbocycles. The van der Waals surface area contributed by atoms with Crippen LogP contribution in [0.1, 0.15) is 57.2 Å². The lowest BCUT2D eigenvalue weighted by Gasteiger charge is -2.29. The van der Waals surface area contributed by atoms with Gasteiger partial charge >= 0.3 is 0 Å². The second-order valence-corrected chi connectivity index (χ2v) is 6.37. The first-order valence-electron chi connectivity index (χ1n) is 8.26. The number of nitrogens with one attached hydrogen (secondary N) is 2. The first kappa shape index (κ1) is 15.5. The Kier molecular flexibility index (Phi) is 6.06. The van der Waals surface area contributed by atoms with E-state index in [2.05, 4.69) is 55.7 Å². The Morgan fingerprint density at radius 2 is 1.95 bits per heavy atom. The Bertz CT molecular complexity index is 377. The number of hydrogen-bond acceptors (Lipinski definition) is 2. The molecule has 0 saturated carbocycles. The first-order chi connectivity index (χ1) is 9.70. The smallest absolute Gasteiger partial charge is 0.0344 e. The van der Waals surface area contributed by atoms with Gasteiger partial charge in [-0.3, -0.25) is 0 Å². The maximum Gasteiger partial charge on any atom is 0.0344 e. The summed E-state index contributed by atoms with van der Waals surface area (Å²) in [6.45, 7) is 9.09. The summed E-state index contributed by atoms with van der Waals surface area (Å²) in [6.07, 6.45) is 5.14. The Morgan fingerprint density at radius 3 is 2.50 bits per heavy atom. The summed E-state index contributed by atoms with van der Waals surface area (Å²) >= 11 is 0. The van der Waals surface area contributed by atoms with E-state index in [0.717, 1.165) is 13.0 Å². The number of hydrogen-bond donors (Lipinski definition) is 2. The van der Waals surface area contributed by atoms with E-state index in [4.69, 9.17) is 0 Å². The molecule has 1 heterocycles. The summed E-state index contributed by atoms with van der Waals surface area (Å²) in [4.78, 5) is 0. The number of rotatable bonds is 6. The molecule has 0 bridgehead atoms. The lowest BCUT2D eigenvalue weighted by Crippen LogP contribution is -2.43. The molecule has 20 heavy (non-hydrogen) atoms. The van der Waals surface area contributed by atoms with Crippen molar-refractivity contribution in [3.63, 3.8) is 0 Å². The molecule has 0 amide bonds. The van der Waals surface area contributed by atoms with Crippen molar-refractivity contribution in [2.24, 2.45) is 5.92 Å². The topological polar surface area (TPSA) is 24.1 Å². The predicted octanol–water partition coefficient (Wildman–Crippen LogP) is 3.68. The van der Waals surface area contributed by atoms with Gasteiger partial charge in [0.05, 0.1) is 0 Å². The van der Waals surface area contributed by atoms with Crippen molar-refractivity contribution >= 4 is 0 Å². The van der Waals surface area contributed by atoms with Gasteiger partial charge in [0.25, 0.3) is 0 Å². The lowest BCUT2D eigenvalue weighted by molar-refractivity contribution is 0.338. The molecule has 1 fully saturated rings. The van der Waals surface area contributed by atoms with Crippen LogP contribution in [0.2, 0.25) is 0 Å². The fraction of sp³-hybridized carbons (Fsp3) is 0.667. The van der Waals surface area contributed by atoms with Crippen molar-refractivity contribution in [3.8, 4) is 0 Å². The highest BCUT2D eigenvalue weighted by atomic mass is 15.0. The van der Waals surface area contributed by atoms with E-state index in [1.807, 2.05) is 0 Å². The third-order valence-corrected chi connectivity index (χ3v) is 4.41.